The molecule has 0 atom stereocenters. The maximum Gasteiger partial charge on any atom is 0.0449 e. The van der Waals surface area contributed by atoms with E-state index in [0.29, 0.717) is 0 Å². The fraction of sp³-hybridized carbons (Fsp3) is 0.250. The summed E-state index contributed by atoms with van der Waals surface area (Å²) in [6.45, 7) is 1.99. The Balaban J connectivity index is 3.21. The van der Waals surface area contributed by atoms with Crippen molar-refractivity contribution in [2.75, 3.05) is 0 Å². The van der Waals surface area contributed by atoms with Gasteiger partial charge in [0, 0.05) is 14.8 Å². The van der Waals surface area contributed by atoms with Gasteiger partial charge < -0.3 is 0 Å². The quantitative estimate of drug-likeness (QED) is 0.678. The molecule has 0 saturated carbocycles. The first kappa shape index (κ1) is 9.56. The third-order valence-corrected chi connectivity index (χ3v) is 3.36. The van der Waals surface area contributed by atoms with Gasteiger partial charge in [0.25, 0.3) is 0 Å². The van der Waals surface area contributed by atoms with Crippen LogP contribution in [0.2, 0.25) is 5.02 Å². The van der Waals surface area contributed by atoms with E-state index in [9.17, 15) is 0 Å². The van der Waals surface area contributed by atoms with Crippen molar-refractivity contribution in [3.05, 3.63) is 32.8 Å². The molecule has 0 aliphatic carbocycles. The highest BCUT2D eigenvalue weighted by molar-refractivity contribution is 9.10. The minimum Gasteiger partial charge on any atom is -0.0876 e. The van der Waals surface area contributed by atoms with Crippen LogP contribution in [0.15, 0.2) is 16.6 Å². The predicted molar refractivity (Wildman–Crippen MR) is 56.5 cm³/mol. The Labute approximate surface area is 88.2 Å². The average Bonchev–Trinajstić information content (AvgIpc) is 1.99. The Hall–Kier alpha value is 0.470. The molecule has 0 fully saturated rings. The molecule has 0 unspecified atom stereocenters. The molecule has 0 N–H and O–H groups in total. The summed E-state index contributed by atoms with van der Waals surface area (Å²) in [7, 11) is 0. The molecule has 1 rings (SSSR count). The fourth-order valence-corrected chi connectivity index (χ4v) is 1.96. The van der Waals surface area contributed by atoms with Gasteiger partial charge in [0.05, 0.1) is 0 Å². The topological polar surface area (TPSA) is 0 Å². The lowest BCUT2D eigenvalue weighted by Gasteiger charge is -2.03. The van der Waals surface area contributed by atoms with Gasteiger partial charge >= 0.3 is 0 Å². The Morgan fingerprint density at radius 2 is 2.09 bits per heavy atom. The van der Waals surface area contributed by atoms with E-state index in [0.717, 1.165) is 20.4 Å². The number of alkyl halides is 1. The molecule has 1 aromatic rings. The lowest BCUT2D eigenvalue weighted by molar-refractivity contribution is 1.35. The van der Waals surface area contributed by atoms with E-state index in [-0.39, 0.29) is 0 Å². The normalized spacial score (nSPS) is 10.2. The number of hydrogen-bond acceptors (Lipinski definition) is 0. The molecule has 0 aliphatic rings. The van der Waals surface area contributed by atoms with E-state index in [1.54, 1.807) is 0 Å². The fourth-order valence-electron chi connectivity index (χ4n) is 0.775. The molecule has 0 nitrogen and oxygen atoms in total. The summed E-state index contributed by atoms with van der Waals surface area (Å²) in [5.74, 6) is 0. The van der Waals surface area contributed by atoms with Gasteiger partial charge in [0.2, 0.25) is 0 Å². The molecule has 0 aliphatic heterocycles. The summed E-state index contributed by atoms with van der Waals surface area (Å²) in [6, 6.07) is 4.03. The van der Waals surface area contributed by atoms with Crippen molar-refractivity contribution >= 4 is 43.5 Å². The van der Waals surface area contributed by atoms with Gasteiger partial charge in [0.1, 0.15) is 0 Å². The van der Waals surface area contributed by atoms with E-state index in [1.165, 1.54) is 5.56 Å². The third-order valence-electron chi connectivity index (χ3n) is 1.50. The smallest absolute Gasteiger partial charge is 0.0449 e. The molecule has 3 heteroatoms. The Bertz CT molecular complexity index is 248. The van der Waals surface area contributed by atoms with Crippen LogP contribution in [0.1, 0.15) is 11.1 Å². The van der Waals surface area contributed by atoms with Gasteiger partial charge in [-0.25, -0.2) is 0 Å². The second kappa shape index (κ2) is 3.92. The van der Waals surface area contributed by atoms with Crippen molar-refractivity contribution in [2.45, 2.75) is 12.3 Å². The summed E-state index contributed by atoms with van der Waals surface area (Å²) >= 11 is 12.8. The Morgan fingerprint density at radius 1 is 1.45 bits per heavy atom. The first-order valence-electron chi connectivity index (χ1n) is 3.15. The van der Waals surface area contributed by atoms with Crippen molar-refractivity contribution in [1.82, 2.24) is 0 Å². The minimum absolute atomic E-state index is 0.814. The molecule has 11 heavy (non-hydrogen) atoms. The molecular weight excluding hydrogens is 291 g/mol. The predicted octanol–water partition coefficient (Wildman–Crippen LogP) is 4.31. The second-order valence-corrected chi connectivity index (χ2v) is 4.14. The molecule has 0 spiro atoms. The van der Waals surface area contributed by atoms with Crippen LogP contribution in [0.25, 0.3) is 0 Å². The van der Waals surface area contributed by atoms with Crippen LogP contribution >= 0.6 is 43.5 Å². The number of hydrogen-bond donors (Lipinski definition) is 0. The second-order valence-electron chi connectivity index (χ2n) is 2.32. The lowest BCUT2D eigenvalue weighted by atomic mass is 10.2. The van der Waals surface area contributed by atoms with E-state index >= 15 is 0 Å². The van der Waals surface area contributed by atoms with Gasteiger partial charge in [-0.15, -0.1) is 0 Å². The zero-order valence-electron chi connectivity index (χ0n) is 6.00. The first-order valence-corrected chi connectivity index (χ1v) is 5.45. The largest absolute Gasteiger partial charge is 0.0876 e. The van der Waals surface area contributed by atoms with E-state index in [4.69, 9.17) is 11.6 Å². The molecule has 0 heterocycles. The minimum atomic E-state index is 0.814. The van der Waals surface area contributed by atoms with Crippen LogP contribution in [0.5, 0.6) is 0 Å². The van der Waals surface area contributed by atoms with Crippen molar-refractivity contribution in [2.24, 2.45) is 0 Å². The van der Waals surface area contributed by atoms with Crippen molar-refractivity contribution < 1.29 is 0 Å². The molecule has 0 aromatic heterocycles. The van der Waals surface area contributed by atoms with E-state index in [2.05, 4.69) is 37.9 Å². The summed E-state index contributed by atoms with van der Waals surface area (Å²) in [5, 5.41) is 1.65. The zero-order valence-corrected chi connectivity index (χ0v) is 9.92. The molecule has 0 radical (unpaired) electrons. The van der Waals surface area contributed by atoms with Crippen LogP contribution in [0.4, 0.5) is 0 Å². The highest BCUT2D eigenvalue weighted by Crippen LogP contribution is 2.26. The highest BCUT2D eigenvalue weighted by Gasteiger charge is 2.01. The van der Waals surface area contributed by atoms with Crippen molar-refractivity contribution in [3.8, 4) is 0 Å². The maximum atomic E-state index is 5.95. The van der Waals surface area contributed by atoms with Crippen molar-refractivity contribution in [3.63, 3.8) is 0 Å². The number of halogens is 3. The number of benzene rings is 1. The molecular formula is C8H7Br2Cl. The van der Waals surface area contributed by atoms with Crippen LogP contribution in [-0.4, -0.2) is 0 Å². The van der Waals surface area contributed by atoms with Crippen molar-refractivity contribution in [1.29, 1.82) is 0 Å². The number of rotatable bonds is 1. The monoisotopic (exact) mass is 296 g/mol. The lowest BCUT2D eigenvalue weighted by Crippen LogP contribution is -1.82. The molecule has 0 saturated heterocycles. The summed E-state index contributed by atoms with van der Waals surface area (Å²) in [4.78, 5) is 0. The van der Waals surface area contributed by atoms with Crippen LogP contribution in [-0.2, 0) is 5.33 Å². The molecule has 1 aromatic carbocycles. The van der Waals surface area contributed by atoms with Gasteiger partial charge in [0.15, 0.2) is 0 Å². The van der Waals surface area contributed by atoms with E-state index in [1.807, 2.05) is 13.0 Å². The molecule has 60 valence electrons. The average molecular weight is 298 g/mol. The zero-order chi connectivity index (χ0) is 8.43. The highest BCUT2D eigenvalue weighted by atomic mass is 79.9. The summed E-state index contributed by atoms with van der Waals surface area (Å²) in [5.41, 5.74) is 2.28. The molecule has 0 amide bonds. The Morgan fingerprint density at radius 3 is 2.55 bits per heavy atom. The van der Waals surface area contributed by atoms with Crippen LogP contribution in [0, 0.1) is 6.92 Å². The molecule has 0 bridgehead atoms. The first-order chi connectivity index (χ1) is 5.15. The van der Waals surface area contributed by atoms with Gasteiger partial charge in [-0.1, -0.05) is 43.5 Å². The summed E-state index contributed by atoms with van der Waals surface area (Å²) in [6.07, 6.45) is 0. The Kier molecular flexibility index (Phi) is 3.41. The summed E-state index contributed by atoms with van der Waals surface area (Å²) < 4.78 is 1.07. The van der Waals surface area contributed by atoms with Gasteiger partial charge in [-0.05, 0) is 30.2 Å². The SMILES string of the molecule is Cc1c(Cl)cc(CBr)cc1Br. The van der Waals surface area contributed by atoms with Gasteiger partial charge in [-0.3, -0.25) is 0 Å². The van der Waals surface area contributed by atoms with Crippen LogP contribution in [0.3, 0.4) is 0 Å². The maximum absolute atomic E-state index is 5.95. The standard InChI is InChI=1S/C8H7Br2Cl/c1-5-7(10)2-6(4-9)3-8(5)11/h2-3H,4H2,1H3. The van der Waals surface area contributed by atoms with E-state index < -0.39 is 0 Å². The van der Waals surface area contributed by atoms with Crippen LogP contribution < -0.4 is 0 Å². The van der Waals surface area contributed by atoms with Gasteiger partial charge in [-0.2, -0.15) is 0 Å². The third kappa shape index (κ3) is 2.20.